The molecule has 0 aliphatic rings. The number of hydrogen-bond donors (Lipinski definition) is 1. The zero-order valence-electron chi connectivity index (χ0n) is 11.9. The Hall–Kier alpha value is -0.903. The van der Waals surface area contributed by atoms with Crippen LogP contribution < -0.4 is 0 Å². The lowest BCUT2D eigenvalue weighted by atomic mass is 10.1. The van der Waals surface area contributed by atoms with E-state index in [0.29, 0.717) is 6.42 Å². The average Bonchev–Trinajstić information content (AvgIpc) is 2.23. The maximum absolute atomic E-state index is 11.3. The number of carboxylic acid groups (broad SMARTS) is 1. The molecule has 0 bridgehead atoms. The van der Waals surface area contributed by atoms with Gasteiger partial charge in [0.2, 0.25) is 0 Å². The monoisotopic (exact) mass is 270 g/mol. The molecule has 0 saturated carbocycles. The van der Waals surface area contributed by atoms with Crippen LogP contribution in [0, 0.1) is 0 Å². The van der Waals surface area contributed by atoms with Crippen LogP contribution in [0.2, 0.25) is 25.7 Å². The number of carbonyl (C=O) groups is 2. The molecular formula is C14H26O3Si. The number of aliphatic carboxylic acids is 1. The zero-order valence-corrected chi connectivity index (χ0v) is 12.9. The molecule has 4 heteroatoms. The molecule has 0 fully saturated rings. The molecule has 0 atom stereocenters. The van der Waals surface area contributed by atoms with Gasteiger partial charge in [0.15, 0.2) is 0 Å². The van der Waals surface area contributed by atoms with Crippen molar-refractivity contribution in [1.82, 2.24) is 0 Å². The lowest BCUT2D eigenvalue weighted by Crippen LogP contribution is -2.17. The van der Waals surface area contributed by atoms with E-state index in [4.69, 9.17) is 5.11 Å². The fraction of sp³-hybridized carbons (Fsp3) is 0.714. The Kier molecular flexibility index (Phi) is 8.63. The van der Waals surface area contributed by atoms with Crippen molar-refractivity contribution < 1.29 is 14.7 Å². The number of carboxylic acids is 1. The minimum absolute atomic E-state index is 0.0328. The highest BCUT2D eigenvalue weighted by Gasteiger charge is 2.09. The fourth-order valence-electron chi connectivity index (χ4n) is 1.51. The summed E-state index contributed by atoms with van der Waals surface area (Å²) in [6.07, 6.45) is 8.05. The third-order valence-electron chi connectivity index (χ3n) is 2.59. The summed E-state index contributed by atoms with van der Waals surface area (Å²) in [5.74, 6) is -0.818. The van der Waals surface area contributed by atoms with Gasteiger partial charge in [-0.2, -0.15) is 0 Å². The van der Waals surface area contributed by atoms with Crippen molar-refractivity contribution in [3.63, 3.8) is 0 Å². The predicted octanol–water partition coefficient (Wildman–Crippen LogP) is 3.88. The molecule has 0 aromatic carbocycles. The largest absolute Gasteiger partial charge is 0.481 e. The second-order valence-electron chi connectivity index (χ2n) is 5.91. The molecule has 0 aliphatic carbocycles. The molecular weight excluding hydrogens is 244 g/mol. The minimum Gasteiger partial charge on any atom is -0.481 e. The SMILES string of the molecule is C[Si](C)(C)CC=CCCCCC(=O)CCC(=O)O. The van der Waals surface area contributed by atoms with Gasteiger partial charge in [0, 0.05) is 20.9 Å². The van der Waals surface area contributed by atoms with Crippen molar-refractivity contribution in [1.29, 1.82) is 0 Å². The molecule has 0 rings (SSSR count). The van der Waals surface area contributed by atoms with Crippen molar-refractivity contribution in [3.05, 3.63) is 12.2 Å². The van der Waals surface area contributed by atoms with E-state index in [0.717, 1.165) is 19.3 Å². The Labute approximate surface area is 111 Å². The van der Waals surface area contributed by atoms with Gasteiger partial charge in [-0.15, -0.1) is 0 Å². The molecule has 0 spiro atoms. The van der Waals surface area contributed by atoms with Gasteiger partial charge in [0.05, 0.1) is 6.42 Å². The van der Waals surface area contributed by atoms with Crippen LogP contribution in [-0.4, -0.2) is 24.9 Å². The lowest BCUT2D eigenvalue weighted by molar-refractivity contribution is -0.138. The van der Waals surface area contributed by atoms with Crippen LogP contribution in [0.1, 0.15) is 38.5 Å². The highest BCUT2D eigenvalue weighted by atomic mass is 28.3. The van der Waals surface area contributed by atoms with Gasteiger partial charge in [0.25, 0.3) is 0 Å². The van der Waals surface area contributed by atoms with Crippen LogP contribution >= 0.6 is 0 Å². The molecule has 0 aliphatic heterocycles. The Morgan fingerprint density at radius 1 is 1.00 bits per heavy atom. The Morgan fingerprint density at radius 2 is 1.67 bits per heavy atom. The number of rotatable bonds is 10. The second kappa shape index (κ2) is 9.08. The van der Waals surface area contributed by atoms with Gasteiger partial charge in [-0.1, -0.05) is 31.8 Å². The van der Waals surface area contributed by atoms with Crippen LogP contribution in [0.5, 0.6) is 0 Å². The van der Waals surface area contributed by atoms with E-state index in [1.807, 2.05) is 0 Å². The molecule has 0 radical (unpaired) electrons. The number of unbranched alkanes of at least 4 members (excludes halogenated alkanes) is 2. The molecule has 3 nitrogen and oxygen atoms in total. The van der Waals surface area contributed by atoms with Crippen LogP contribution in [0.15, 0.2) is 12.2 Å². The van der Waals surface area contributed by atoms with Crippen molar-refractivity contribution in [2.45, 2.75) is 64.2 Å². The van der Waals surface area contributed by atoms with Crippen LogP contribution in [-0.2, 0) is 9.59 Å². The maximum atomic E-state index is 11.3. The maximum Gasteiger partial charge on any atom is 0.303 e. The minimum atomic E-state index is -0.962. The van der Waals surface area contributed by atoms with Gasteiger partial charge < -0.3 is 5.11 Å². The van der Waals surface area contributed by atoms with E-state index < -0.39 is 14.0 Å². The van der Waals surface area contributed by atoms with Crippen LogP contribution in [0.25, 0.3) is 0 Å². The highest BCUT2D eigenvalue weighted by molar-refractivity contribution is 6.76. The fourth-order valence-corrected chi connectivity index (χ4v) is 2.38. The summed E-state index contributed by atoms with van der Waals surface area (Å²) < 4.78 is 0. The van der Waals surface area contributed by atoms with E-state index in [9.17, 15) is 9.59 Å². The summed E-state index contributed by atoms with van der Waals surface area (Å²) in [6.45, 7) is 7.04. The van der Waals surface area contributed by atoms with Crippen LogP contribution in [0.3, 0.4) is 0 Å². The van der Waals surface area contributed by atoms with E-state index in [1.54, 1.807) is 0 Å². The normalized spacial score (nSPS) is 11.9. The van der Waals surface area contributed by atoms with Crippen molar-refractivity contribution >= 4 is 19.8 Å². The molecule has 0 aromatic rings. The van der Waals surface area contributed by atoms with Gasteiger partial charge in [0.1, 0.15) is 5.78 Å². The van der Waals surface area contributed by atoms with E-state index in [2.05, 4.69) is 31.8 Å². The summed E-state index contributed by atoms with van der Waals surface area (Å²) in [5, 5.41) is 8.44. The number of allylic oxidation sites excluding steroid dienone is 2. The first-order valence-electron chi connectivity index (χ1n) is 6.70. The predicted molar refractivity (Wildman–Crippen MR) is 77.6 cm³/mol. The number of carbonyl (C=O) groups excluding carboxylic acids is 1. The summed E-state index contributed by atoms with van der Waals surface area (Å²) >= 11 is 0. The zero-order chi connectivity index (χ0) is 14.0. The van der Waals surface area contributed by atoms with E-state index in [1.165, 1.54) is 6.04 Å². The summed E-state index contributed by atoms with van der Waals surface area (Å²) in [7, 11) is -0.962. The third kappa shape index (κ3) is 13.2. The topological polar surface area (TPSA) is 54.4 Å². The molecule has 0 aromatic heterocycles. The Bertz CT molecular complexity index is 290. The summed E-state index contributed by atoms with van der Waals surface area (Å²) in [5.41, 5.74) is 0. The summed E-state index contributed by atoms with van der Waals surface area (Å²) in [4.78, 5) is 21.6. The highest BCUT2D eigenvalue weighted by Crippen LogP contribution is 2.10. The van der Waals surface area contributed by atoms with Gasteiger partial charge in [-0.25, -0.2) is 0 Å². The van der Waals surface area contributed by atoms with Crippen LogP contribution in [0.4, 0.5) is 0 Å². The standard InChI is InChI=1S/C14H26O3Si/c1-18(2,3)12-8-6-4-5-7-9-13(15)10-11-14(16)17/h6,8H,4-5,7,9-12H2,1-3H3,(H,16,17). The first-order chi connectivity index (χ1) is 8.31. The average molecular weight is 270 g/mol. The Balaban J connectivity index is 3.45. The molecule has 0 heterocycles. The smallest absolute Gasteiger partial charge is 0.303 e. The lowest BCUT2D eigenvalue weighted by Gasteiger charge is -2.11. The molecule has 0 saturated heterocycles. The van der Waals surface area contributed by atoms with Gasteiger partial charge in [-0.3, -0.25) is 9.59 Å². The first-order valence-corrected chi connectivity index (χ1v) is 10.4. The Morgan fingerprint density at radius 3 is 2.22 bits per heavy atom. The first kappa shape index (κ1) is 17.1. The van der Waals surface area contributed by atoms with Gasteiger partial charge >= 0.3 is 5.97 Å². The van der Waals surface area contributed by atoms with E-state index in [-0.39, 0.29) is 18.6 Å². The molecule has 0 amide bonds. The third-order valence-corrected chi connectivity index (χ3v) is 4.05. The quantitative estimate of drug-likeness (QED) is 0.372. The summed E-state index contributed by atoms with van der Waals surface area (Å²) in [6, 6.07) is 1.21. The van der Waals surface area contributed by atoms with Crippen molar-refractivity contribution in [2.75, 3.05) is 0 Å². The second-order valence-corrected chi connectivity index (χ2v) is 11.4. The molecule has 104 valence electrons. The molecule has 1 N–H and O–H groups in total. The van der Waals surface area contributed by atoms with Crippen molar-refractivity contribution in [3.8, 4) is 0 Å². The van der Waals surface area contributed by atoms with Crippen molar-refractivity contribution in [2.24, 2.45) is 0 Å². The van der Waals surface area contributed by atoms with Gasteiger partial charge in [-0.05, 0) is 25.3 Å². The molecule has 0 unspecified atom stereocenters. The number of hydrogen-bond acceptors (Lipinski definition) is 2. The number of Topliss-reactive ketones (excluding diaryl/α,β-unsaturated/α-hetero) is 1. The number of ketones is 1. The molecule has 18 heavy (non-hydrogen) atoms. The van der Waals surface area contributed by atoms with E-state index >= 15 is 0 Å².